The smallest absolute Gasteiger partial charge is 0.306 e. The third-order valence-corrected chi connectivity index (χ3v) is 9.75. The Labute approximate surface area is 332 Å². The lowest BCUT2D eigenvalue weighted by atomic mass is 10.1. The molecule has 0 N–H and O–H groups in total. The van der Waals surface area contributed by atoms with Crippen molar-refractivity contribution < 1.29 is 38.2 Å². The zero-order valence-corrected chi connectivity index (χ0v) is 35.6. The molecular formula is C46H83NO7. The topological polar surface area (TPSA) is 102 Å². The third kappa shape index (κ3) is 35.3. The maximum atomic E-state index is 12.7. The number of unbranched alkanes of at least 4 members (excludes halogenated alkanes) is 19. The van der Waals surface area contributed by atoms with Crippen LogP contribution in [0.25, 0.3) is 0 Å². The standard InChI is InChI=1S/C46H83NO7/c1-6-8-10-12-14-16-18-20-21-22-23-25-26-28-30-32-34-36-44(48)53-41-42(40-52-39-38-43(46(50)51)47(3,4)5)54-45(49)37-35-33-31-29-27-24-19-17-15-13-11-9-7-2/h14,16,20-21,24,27,42-43H,6-13,15,17-19,22-23,25-26,28-41H2,1-5H3/b16-14+,21-20+,27-24+. The van der Waals surface area contributed by atoms with Gasteiger partial charge in [-0.1, -0.05) is 134 Å². The molecule has 0 aliphatic heterocycles. The number of carboxylic acid groups (broad SMARTS) is 1. The second-order valence-electron chi connectivity index (χ2n) is 15.9. The van der Waals surface area contributed by atoms with Gasteiger partial charge in [0.25, 0.3) is 0 Å². The van der Waals surface area contributed by atoms with E-state index in [1.165, 1.54) is 89.9 Å². The van der Waals surface area contributed by atoms with Gasteiger partial charge in [-0.05, 0) is 70.6 Å². The first-order chi connectivity index (χ1) is 26.1. The Bertz CT molecular complexity index is 984. The number of carbonyl (C=O) groups excluding carboxylic acids is 3. The van der Waals surface area contributed by atoms with Crippen LogP contribution in [0.5, 0.6) is 0 Å². The number of carbonyl (C=O) groups is 3. The van der Waals surface area contributed by atoms with E-state index in [4.69, 9.17) is 14.2 Å². The van der Waals surface area contributed by atoms with Gasteiger partial charge < -0.3 is 28.6 Å². The Morgan fingerprint density at radius 3 is 1.50 bits per heavy atom. The van der Waals surface area contributed by atoms with E-state index >= 15 is 0 Å². The first-order valence-electron chi connectivity index (χ1n) is 22.0. The molecule has 8 heteroatoms. The lowest BCUT2D eigenvalue weighted by molar-refractivity contribution is -0.889. The summed E-state index contributed by atoms with van der Waals surface area (Å²) in [6.07, 6.45) is 41.6. The molecule has 0 aromatic rings. The van der Waals surface area contributed by atoms with Crippen molar-refractivity contribution in [2.45, 2.75) is 199 Å². The van der Waals surface area contributed by atoms with Crippen molar-refractivity contribution in [3.63, 3.8) is 0 Å². The molecule has 0 spiro atoms. The summed E-state index contributed by atoms with van der Waals surface area (Å²) in [6, 6.07) is -0.728. The molecular weight excluding hydrogens is 679 g/mol. The van der Waals surface area contributed by atoms with E-state index in [1.54, 1.807) is 21.1 Å². The summed E-state index contributed by atoms with van der Waals surface area (Å²) in [7, 11) is 5.40. The van der Waals surface area contributed by atoms with Crippen LogP contribution in [-0.4, -0.2) is 75.5 Å². The first-order valence-corrected chi connectivity index (χ1v) is 22.0. The number of esters is 2. The van der Waals surface area contributed by atoms with Gasteiger partial charge in [0.2, 0.25) is 0 Å². The number of quaternary nitrogens is 1. The molecule has 0 saturated heterocycles. The van der Waals surface area contributed by atoms with Crippen molar-refractivity contribution in [3.8, 4) is 0 Å². The molecule has 0 saturated carbocycles. The fraction of sp³-hybridized carbons (Fsp3) is 0.804. The average Bonchev–Trinajstić information content (AvgIpc) is 3.12. The number of carboxylic acids is 1. The lowest BCUT2D eigenvalue weighted by Crippen LogP contribution is -2.55. The molecule has 54 heavy (non-hydrogen) atoms. The number of hydrogen-bond donors (Lipinski definition) is 0. The molecule has 0 heterocycles. The number of hydrogen-bond acceptors (Lipinski definition) is 7. The van der Waals surface area contributed by atoms with E-state index in [0.717, 1.165) is 64.2 Å². The summed E-state index contributed by atoms with van der Waals surface area (Å²) in [6.45, 7) is 4.60. The molecule has 314 valence electrons. The first kappa shape index (κ1) is 51.5. The average molecular weight is 762 g/mol. The van der Waals surface area contributed by atoms with Crippen molar-refractivity contribution in [1.29, 1.82) is 0 Å². The van der Waals surface area contributed by atoms with Crippen LogP contribution in [-0.2, 0) is 28.6 Å². The number of nitrogens with zero attached hydrogens (tertiary/aromatic N) is 1. The van der Waals surface area contributed by atoms with Crippen LogP contribution in [0, 0.1) is 0 Å². The highest BCUT2D eigenvalue weighted by molar-refractivity contribution is 5.70. The normalized spacial score (nSPS) is 13.3. The monoisotopic (exact) mass is 762 g/mol. The summed E-state index contributed by atoms with van der Waals surface area (Å²) in [5.74, 6) is -1.76. The number of ether oxygens (including phenoxy) is 3. The molecule has 2 unspecified atom stereocenters. The minimum absolute atomic E-state index is 0.0330. The highest BCUT2D eigenvalue weighted by atomic mass is 16.6. The SMILES string of the molecule is CCCCC/C=C/C/C=C/CCCCCCCCCC(=O)OCC(COCCC(C(=O)[O-])[N+](C)(C)C)OC(=O)CCCCC/C=C/CCCCCCCC. The number of allylic oxidation sites excluding steroid dienone is 6. The van der Waals surface area contributed by atoms with Crippen molar-refractivity contribution in [2.75, 3.05) is 41.0 Å². The molecule has 0 rings (SSSR count). The third-order valence-electron chi connectivity index (χ3n) is 9.75. The van der Waals surface area contributed by atoms with E-state index < -0.39 is 18.1 Å². The Kier molecular flexibility index (Phi) is 35.8. The highest BCUT2D eigenvalue weighted by Crippen LogP contribution is 2.13. The molecule has 0 fully saturated rings. The second-order valence-corrected chi connectivity index (χ2v) is 15.9. The Hall–Kier alpha value is -2.45. The molecule has 0 aliphatic rings. The van der Waals surface area contributed by atoms with Crippen molar-refractivity contribution >= 4 is 17.9 Å². The summed E-state index contributed by atoms with van der Waals surface area (Å²) in [5.41, 5.74) is 0. The zero-order valence-electron chi connectivity index (χ0n) is 35.6. The predicted molar refractivity (Wildman–Crippen MR) is 222 cm³/mol. The van der Waals surface area contributed by atoms with E-state index in [1.807, 2.05) is 0 Å². The molecule has 0 aliphatic carbocycles. The second kappa shape index (κ2) is 37.5. The molecule has 0 radical (unpaired) electrons. The summed E-state index contributed by atoms with van der Waals surface area (Å²) in [5, 5.41) is 11.6. The van der Waals surface area contributed by atoms with Gasteiger partial charge in [-0.3, -0.25) is 9.59 Å². The van der Waals surface area contributed by atoms with Crippen LogP contribution >= 0.6 is 0 Å². The maximum Gasteiger partial charge on any atom is 0.306 e. The van der Waals surface area contributed by atoms with Crippen LogP contribution in [0.15, 0.2) is 36.5 Å². The van der Waals surface area contributed by atoms with Gasteiger partial charge >= 0.3 is 11.9 Å². The molecule has 8 nitrogen and oxygen atoms in total. The van der Waals surface area contributed by atoms with E-state index in [2.05, 4.69) is 50.3 Å². The Morgan fingerprint density at radius 2 is 0.981 bits per heavy atom. The predicted octanol–water partition coefficient (Wildman–Crippen LogP) is 10.5. The molecule has 0 amide bonds. The molecule has 0 aromatic carbocycles. The van der Waals surface area contributed by atoms with Gasteiger partial charge in [-0.2, -0.15) is 0 Å². The van der Waals surface area contributed by atoms with E-state index in [-0.39, 0.29) is 42.7 Å². The van der Waals surface area contributed by atoms with Gasteiger partial charge in [0.05, 0.1) is 40.3 Å². The molecule has 2 atom stereocenters. The summed E-state index contributed by atoms with van der Waals surface area (Å²) in [4.78, 5) is 36.8. The number of rotatable bonds is 39. The van der Waals surface area contributed by atoms with Gasteiger partial charge in [0.15, 0.2) is 6.10 Å². The zero-order chi connectivity index (χ0) is 40.0. The van der Waals surface area contributed by atoms with Crippen LogP contribution in [0.1, 0.15) is 187 Å². The summed E-state index contributed by atoms with van der Waals surface area (Å²) >= 11 is 0. The number of likely N-dealkylation sites (N-methyl/N-ethyl adjacent to an activating group) is 1. The Morgan fingerprint density at radius 1 is 0.556 bits per heavy atom. The van der Waals surface area contributed by atoms with Crippen LogP contribution in [0.2, 0.25) is 0 Å². The van der Waals surface area contributed by atoms with Crippen molar-refractivity contribution in [2.24, 2.45) is 0 Å². The minimum atomic E-state index is -1.13. The van der Waals surface area contributed by atoms with Gasteiger partial charge in [0, 0.05) is 19.3 Å². The Balaban J connectivity index is 4.36. The van der Waals surface area contributed by atoms with Gasteiger partial charge in [0.1, 0.15) is 12.6 Å². The largest absolute Gasteiger partial charge is 0.544 e. The number of aliphatic carboxylic acids is 1. The fourth-order valence-corrected chi connectivity index (χ4v) is 6.27. The van der Waals surface area contributed by atoms with Crippen molar-refractivity contribution in [1.82, 2.24) is 0 Å². The van der Waals surface area contributed by atoms with Gasteiger partial charge in [-0.25, -0.2) is 0 Å². The van der Waals surface area contributed by atoms with Crippen LogP contribution < -0.4 is 5.11 Å². The van der Waals surface area contributed by atoms with Crippen LogP contribution in [0.3, 0.4) is 0 Å². The maximum absolute atomic E-state index is 12.7. The molecule has 0 aromatic heterocycles. The summed E-state index contributed by atoms with van der Waals surface area (Å²) < 4.78 is 17.1. The lowest BCUT2D eigenvalue weighted by Gasteiger charge is -2.34. The van der Waals surface area contributed by atoms with Crippen LogP contribution in [0.4, 0.5) is 0 Å². The van der Waals surface area contributed by atoms with Gasteiger partial charge in [-0.15, -0.1) is 0 Å². The van der Waals surface area contributed by atoms with Crippen molar-refractivity contribution in [3.05, 3.63) is 36.5 Å². The van der Waals surface area contributed by atoms with E-state index in [9.17, 15) is 19.5 Å². The highest BCUT2D eigenvalue weighted by Gasteiger charge is 2.25. The fourth-order valence-electron chi connectivity index (χ4n) is 6.27. The minimum Gasteiger partial charge on any atom is -0.544 e. The quantitative estimate of drug-likeness (QED) is 0.0266. The van der Waals surface area contributed by atoms with E-state index in [0.29, 0.717) is 12.8 Å². The molecule has 0 bridgehead atoms.